The number of thiazole rings is 1. The van der Waals surface area contributed by atoms with Crippen LogP contribution < -0.4 is 0 Å². The van der Waals surface area contributed by atoms with E-state index >= 15 is 0 Å². The van der Waals surface area contributed by atoms with Crippen LogP contribution in [0, 0.1) is 12.3 Å². The normalized spacial score (nSPS) is 13.6. The zero-order chi connectivity index (χ0) is 26.2. The highest BCUT2D eigenvalue weighted by molar-refractivity contribution is 7.15. The molecule has 37 heavy (non-hydrogen) atoms. The first kappa shape index (κ1) is 25.1. The zero-order valence-electron chi connectivity index (χ0n) is 21.2. The zero-order valence-corrected chi connectivity index (χ0v) is 22.0. The minimum absolute atomic E-state index is 0.0221. The first-order chi connectivity index (χ1) is 17.7. The van der Waals surface area contributed by atoms with Crippen LogP contribution in [0.2, 0.25) is 0 Å². The van der Waals surface area contributed by atoms with Gasteiger partial charge in [0.2, 0.25) is 5.91 Å². The van der Waals surface area contributed by atoms with Gasteiger partial charge in [-0.2, -0.15) is 0 Å². The Hall–Kier alpha value is -3.56. The predicted molar refractivity (Wildman–Crippen MR) is 142 cm³/mol. The molecule has 1 N–H and O–H groups in total. The van der Waals surface area contributed by atoms with Crippen LogP contribution in [0.15, 0.2) is 48.7 Å². The van der Waals surface area contributed by atoms with Crippen LogP contribution in [0.5, 0.6) is 0 Å². The number of carbonyl (C=O) groups excluding carboxylic acids is 1. The number of carboxylic acid groups (broad SMARTS) is 1. The Kier molecular flexibility index (Phi) is 6.83. The number of fused-ring (bicyclic) bond motifs is 3. The number of carboxylic acids is 1. The van der Waals surface area contributed by atoms with Crippen molar-refractivity contribution in [2.75, 3.05) is 19.8 Å². The first-order valence-electron chi connectivity index (χ1n) is 12.3. The van der Waals surface area contributed by atoms with Gasteiger partial charge in [0.15, 0.2) is 0 Å². The Balaban J connectivity index is 1.40. The van der Waals surface area contributed by atoms with Crippen LogP contribution in [0.1, 0.15) is 35.7 Å². The molecule has 0 bridgehead atoms. The average molecular weight is 519 g/mol. The van der Waals surface area contributed by atoms with E-state index in [1.54, 1.807) is 36.3 Å². The molecule has 0 atom stereocenters. The fourth-order valence-corrected chi connectivity index (χ4v) is 5.67. The Morgan fingerprint density at radius 1 is 1.16 bits per heavy atom. The number of aliphatic carboxylic acids is 1. The molecule has 1 aliphatic heterocycles. The number of pyridine rings is 1. The SMILES string of the molecule is Cc1nc(-c2ccccc2)sc1Cn1c2c(c3cccnc31)CCN(C(=O)COCC(C)(C)C(=O)O)C2. The van der Waals surface area contributed by atoms with Gasteiger partial charge in [0.25, 0.3) is 0 Å². The van der Waals surface area contributed by atoms with Crippen LogP contribution in [-0.4, -0.2) is 56.2 Å². The molecule has 0 saturated heterocycles. The Bertz CT molecular complexity index is 1460. The lowest BCUT2D eigenvalue weighted by Gasteiger charge is -2.29. The summed E-state index contributed by atoms with van der Waals surface area (Å²) in [7, 11) is 0. The summed E-state index contributed by atoms with van der Waals surface area (Å²) in [5, 5.41) is 11.4. The molecule has 1 amide bonds. The Morgan fingerprint density at radius 3 is 2.70 bits per heavy atom. The molecule has 0 unspecified atom stereocenters. The third-order valence-electron chi connectivity index (χ3n) is 6.85. The lowest BCUT2D eigenvalue weighted by atomic mass is 9.95. The van der Waals surface area contributed by atoms with E-state index in [0.717, 1.165) is 44.3 Å². The van der Waals surface area contributed by atoms with Gasteiger partial charge in [-0.1, -0.05) is 30.3 Å². The largest absolute Gasteiger partial charge is 0.481 e. The smallest absolute Gasteiger partial charge is 0.311 e. The van der Waals surface area contributed by atoms with Gasteiger partial charge in [0, 0.05) is 34.3 Å². The molecule has 1 aliphatic rings. The standard InChI is InChI=1S/C28H30N4O4S/c1-18-23(37-26(30-18)19-8-5-4-6-9-19)15-32-22-14-31(24(33)16-36-17-28(2,3)27(34)35)13-11-20(22)21-10-7-12-29-25(21)32/h4-10,12H,11,13-17H2,1-3H3,(H,34,35). The molecule has 0 saturated carbocycles. The van der Waals surface area contributed by atoms with Crippen molar-refractivity contribution >= 4 is 34.2 Å². The van der Waals surface area contributed by atoms with Crippen LogP contribution >= 0.6 is 11.3 Å². The topological polar surface area (TPSA) is 97.5 Å². The van der Waals surface area contributed by atoms with Gasteiger partial charge in [-0.15, -0.1) is 11.3 Å². The van der Waals surface area contributed by atoms with Gasteiger partial charge in [-0.3, -0.25) is 9.59 Å². The molecule has 8 nitrogen and oxygen atoms in total. The van der Waals surface area contributed by atoms with E-state index < -0.39 is 11.4 Å². The summed E-state index contributed by atoms with van der Waals surface area (Å²) in [6.45, 7) is 6.72. The summed E-state index contributed by atoms with van der Waals surface area (Å²) in [6, 6.07) is 14.2. The van der Waals surface area contributed by atoms with E-state index in [2.05, 4.69) is 22.8 Å². The van der Waals surface area contributed by atoms with Crippen molar-refractivity contribution in [1.82, 2.24) is 19.4 Å². The van der Waals surface area contributed by atoms with Crippen molar-refractivity contribution in [3.8, 4) is 10.6 Å². The third-order valence-corrected chi connectivity index (χ3v) is 8.04. The molecule has 0 spiro atoms. The van der Waals surface area contributed by atoms with Crippen molar-refractivity contribution in [3.05, 3.63) is 70.5 Å². The van der Waals surface area contributed by atoms with Gasteiger partial charge in [0.05, 0.1) is 30.8 Å². The molecule has 5 rings (SSSR count). The van der Waals surface area contributed by atoms with Gasteiger partial charge >= 0.3 is 5.97 Å². The maximum atomic E-state index is 13.0. The minimum Gasteiger partial charge on any atom is -0.481 e. The second-order valence-electron chi connectivity index (χ2n) is 10.0. The van der Waals surface area contributed by atoms with Crippen molar-refractivity contribution in [1.29, 1.82) is 0 Å². The molecule has 0 fully saturated rings. The van der Waals surface area contributed by atoms with Crippen molar-refractivity contribution in [2.45, 2.75) is 40.3 Å². The van der Waals surface area contributed by atoms with Crippen molar-refractivity contribution in [2.24, 2.45) is 5.41 Å². The molecular formula is C28H30N4O4S. The van der Waals surface area contributed by atoms with Gasteiger partial charge in [-0.05, 0) is 44.9 Å². The summed E-state index contributed by atoms with van der Waals surface area (Å²) in [5.74, 6) is -1.09. The first-order valence-corrected chi connectivity index (χ1v) is 13.1. The molecule has 0 aliphatic carbocycles. The lowest BCUT2D eigenvalue weighted by molar-refractivity contribution is -0.153. The number of ether oxygens (including phenoxy) is 1. The predicted octanol–water partition coefficient (Wildman–Crippen LogP) is 4.53. The van der Waals surface area contributed by atoms with E-state index in [9.17, 15) is 14.7 Å². The number of amides is 1. The summed E-state index contributed by atoms with van der Waals surface area (Å²) < 4.78 is 7.73. The van der Waals surface area contributed by atoms with E-state index in [4.69, 9.17) is 14.7 Å². The quantitative estimate of drug-likeness (QED) is 0.368. The van der Waals surface area contributed by atoms with Gasteiger partial charge in [0.1, 0.15) is 17.3 Å². The van der Waals surface area contributed by atoms with Crippen LogP contribution in [-0.2, 0) is 33.8 Å². The maximum Gasteiger partial charge on any atom is 0.311 e. The number of nitrogens with zero attached hydrogens (tertiary/aromatic N) is 4. The Morgan fingerprint density at radius 2 is 1.95 bits per heavy atom. The number of benzene rings is 1. The highest BCUT2D eigenvalue weighted by atomic mass is 32.1. The minimum atomic E-state index is -1.04. The molecular weight excluding hydrogens is 488 g/mol. The number of hydrogen-bond donors (Lipinski definition) is 1. The molecule has 192 valence electrons. The molecule has 3 aromatic heterocycles. The fourth-order valence-electron chi connectivity index (χ4n) is 4.61. The van der Waals surface area contributed by atoms with Gasteiger partial charge < -0.3 is 19.3 Å². The summed E-state index contributed by atoms with van der Waals surface area (Å²) in [6.07, 6.45) is 2.54. The summed E-state index contributed by atoms with van der Waals surface area (Å²) >= 11 is 1.68. The Labute approximate surface area is 219 Å². The van der Waals surface area contributed by atoms with Crippen LogP contribution in [0.3, 0.4) is 0 Å². The maximum absolute atomic E-state index is 13.0. The molecule has 4 aromatic rings. The fraction of sp³-hybridized carbons (Fsp3) is 0.357. The van der Waals surface area contributed by atoms with E-state index in [1.807, 2.05) is 31.2 Å². The second-order valence-corrected chi connectivity index (χ2v) is 11.1. The summed E-state index contributed by atoms with van der Waals surface area (Å²) in [4.78, 5) is 36.8. The average Bonchev–Trinajstić information content (AvgIpc) is 3.42. The number of hydrogen-bond acceptors (Lipinski definition) is 6. The van der Waals surface area contributed by atoms with E-state index in [1.165, 1.54) is 5.56 Å². The second kappa shape index (κ2) is 10.1. The van der Waals surface area contributed by atoms with Crippen LogP contribution in [0.4, 0.5) is 0 Å². The van der Waals surface area contributed by atoms with Crippen molar-refractivity contribution < 1.29 is 19.4 Å². The van der Waals surface area contributed by atoms with E-state index in [-0.39, 0.29) is 19.1 Å². The van der Waals surface area contributed by atoms with Gasteiger partial charge in [-0.25, -0.2) is 9.97 Å². The molecule has 0 radical (unpaired) electrons. The monoisotopic (exact) mass is 518 g/mol. The number of rotatable bonds is 8. The highest BCUT2D eigenvalue weighted by Crippen LogP contribution is 2.33. The van der Waals surface area contributed by atoms with Crippen LogP contribution in [0.25, 0.3) is 21.6 Å². The van der Waals surface area contributed by atoms with Crippen molar-refractivity contribution in [3.63, 3.8) is 0 Å². The number of carbonyl (C=O) groups is 2. The molecule has 1 aromatic carbocycles. The molecule has 4 heterocycles. The number of aromatic nitrogens is 3. The highest BCUT2D eigenvalue weighted by Gasteiger charge is 2.30. The third kappa shape index (κ3) is 5.01. The molecule has 9 heteroatoms. The number of aryl methyl sites for hydroxylation is 1. The van der Waals surface area contributed by atoms with E-state index in [0.29, 0.717) is 19.6 Å². The summed E-state index contributed by atoms with van der Waals surface area (Å²) in [5.41, 5.74) is 4.27. The lowest BCUT2D eigenvalue weighted by Crippen LogP contribution is -2.40.